The minimum absolute atomic E-state index is 0.205. The molecule has 0 aliphatic carbocycles. The first-order valence-electron chi connectivity index (χ1n) is 6.58. The summed E-state index contributed by atoms with van der Waals surface area (Å²) in [6, 6.07) is -0.673. The molecular weight excluding hydrogens is 234 g/mol. The van der Waals surface area contributed by atoms with Crippen LogP contribution in [0.1, 0.15) is 40.0 Å². The molecule has 1 rings (SSSR count). The van der Waals surface area contributed by atoms with Gasteiger partial charge in [0.05, 0.1) is 0 Å². The minimum atomic E-state index is -0.921. The maximum absolute atomic E-state index is 12.1. The molecule has 104 valence electrons. The van der Waals surface area contributed by atoms with Crippen molar-refractivity contribution in [1.29, 1.82) is 0 Å². The van der Waals surface area contributed by atoms with Crippen LogP contribution in [-0.2, 0) is 14.3 Å². The summed E-state index contributed by atoms with van der Waals surface area (Å²) in [5, 5.41) is 9.03. The Morgan fingerprint density at radius 2 is 2.06 bits per heavy atom. The molecule has 1 aliphatic rings. The molecule has 18 heavy (non-hydrogen) atoms. The molecule has 1 fully saturated rings. The smallest absolute Gasteiger partial charge is 0.326 e. The fourth-order valence-corrected chi connectivity index (χ4v) is 2.07. The van der Waals surface area contributed by atoms with E-state index in [-0.39, 0.29) is 5.91 Å². The molecule has 0 aromatic rings. The number of hydrogen-bond donors (Lipinski definition) is 1. The van der Waals surface area contributed by atoms with Crippen molar-refractivity contribution >= 4 is 11.9 Å². The zero-order chi connectivity index (χ0) is 13.7. The Morgan fingerprint density at radius 3 is 2.61 bits per heavy atom. The number of carboxylic acid groups (broad SMARTS) is 1. The third-order valence-corrected chi connectivity index (χ3v) is 3.23. The first-order chi connectivity index (χ1) is 8.43. The molecule has 5 heteroatoms. The molecule has 0 radical (unpaired) electrons. The maximum atomic E-state index is 12.1. The molecule has 0 spiro atoms. The molecule has 0 aromatic heterocycles. The van der Waals surface area contributed by atoms with Gasteiger partial charge in [0.1, 0.15) is 12.1 Å². The second kappa shape index (κ2) is 6.73. The van der Waals surface area contributed by atoms with E-state index in [1.807, 2.05) is 0 Å². The van der Waals surface area contributed by atoms with Crippen LogP contribution in [0.2, 0.25) is 0 Å². The highest BCUT2D eigenvalue weighted by molar-refractivity contribution is 5.86. The summed E-state index contributed by atoms with van der Waals surface area (Å²) >= 11 is 0. The third-order valence-electron chi connectivity index (χ3n) is 3.23. The number of hydrogen-bond acceptors (Lipinski definition) is 3. The predicted molar refractivity (Wildman–Crippen MR) is 67.2 cm³/mol. The molecule has 2 atom stereocenters. The van der Waals surface area contributed by atoms with Gasteiger partial charge in [0.2, 0.25) is 0 Å². The van der Waals surface area contributed by atoms with E-state index in [1.165, 1.54) is 4.90 Å². The van der Waals surface area contributed by atoms with Crippen molar-refractivity contribution in [2.45, 2.75) is 52.2 Å². The lowest BCUT2D eigenvalue weighted by Gasteiger charge is -2.25. The average Bonchev–Trinajstić information content (AvgIpc) is 2.76. The number of amides is 1. The minimum Gasteiger partial charge on any atom is -0.480 e. The van der Waals surface area contributed by atoms with E-state index in [4.69, 9.17) is 9.84 Å². The van der Waals surface area contributed by atoms with E-state index in [1.54, 1.807) is 6.92 Å². The zero-order valence-electron chi connectivity index (χ0n) is 11.4. The summed E-state index contributed by atoms with van der Waals surface area (Å²) in [6.45, 7) is 6.94. The fraction of sp³-hybridized carbons (Fsp3) is 0.846. The summed E-state index contributed by atoms with van der Waals surface area (Å²) < 4.78 is 5.47. The van der Waals surface area contributed by atoms with Crippen molar-refractivity contribution in [3.05, 3.63) is 0 Å². The largest absolute Gasteiger partial charge is 0.480 e. The van der Waals surface area contributed by atoms with E-state index in [9.17, 15) is 9.59 Å². The van der Waals surface area contributed by atoms with Gasteiger partial charge in [-0.1, -0.05) is 13.8 Å². The molecule has 0 aromatic carbocycles. The first-order valence-corrected chi connectivity index (χ1v) is 6.58. The standard InChI is InChI=1S/C13H23NO4/c1-9(2)6-8-18-10(3)12(15)14-7-4-5-11(14)13(16)17/h9-11H,4-8H2,1-3H3,(H,16,17)/t10?,11-/m1/s1. The first kappa shape index (κ1) is 15.0. The molecule has 0 saturated carbocycles. The maximum Gasteiger partial charge on any atom is 0.326 e. The highest BCUT2D eigenvalue weighted by Crippen LogP contribution is 2.19. The summed E-state index contributed by atoms with van der Waals surface area (Å²) in [5.74, 6) is -0.593. The van der Waals surface area contributed by atoms with Crippen LogP contribution in [0.4, 0.5) is 0 Å². The van der Waals surface area contributed by atoms with E-state index in [2.05, 4.69) is 13.8 Å². The van der Waals surface area contributed by atoms with Crippen molar-refractivity contribution in [3.8, 4) is 0 Å². The van der Waals surface area contributed by atoms with Gasteiger partial charge in [0.15, 0.2) is 0 Å². The number of ether oxygens (including phenoxy) is 1. The topological polar surface area (TPSA) is 66.8 Å². The average molecular weight is 257 g/mol. The second-order valence-corrected chi connectivity index (χ2v) is 5.22. The van der Waals surface area contributed by atoms with Gasteiger partial charge in [0, 0.05) is 13.2 Å². The van der Waals surface area contributed by atoms with Gasteiger partial charge in [-0.25, -0.2) is 4.79 Å². The number of rotatable bonds is 6. The Balaban J connectivity index is 2.45. The Hall–Kier alpha value is -1.10. The Morgan fingerprint density at radius 1 is 1.39 bits per heavy atom. The Bertz CT molecular complexity index is 303. The number of carbonyl (C=O) groups excluding carboxylic acids is 1. The van der Waals surface area contributed by atoms with Crippen molar-refractivity contribution in [3.63, 3.8) is 0 Å². The second-order valence-electron chi connectivity index (χ2n) is 5.22. The number of nitrogens with zero attached hydrogens (tertiary/aromatic N) is 1. The van der Waals surface area contributed by atoms with E-state index >= 15 is 0 Å². The lowest BCUT2D eigenvalue weighted by molar-refractivity contribution is -0.153. The quantitative estimate of drug-likeness (QED) is 0.783. The summed E-state index contributed by atoms with van der Waals surface area (Å²) in [6.07, 6.45) is 1.64. The summed E-state index contributed by atoms with van der Waals surface area (Å²) in [4.78, 5) is 24.5. The molecule has 1 saturated heterocycles. The van der Waals surface area contributed by atoms with Gasteiger partial charge >= 0.3 is 5.97 Å². The lowest BCUT2D eigenvalue weighted by atomic mass is 10.1. The normalized spacial score (nSPS) is 21.3. The van der Waals surface area contributed by atoms with Crippen LogP contribution in [0, 0.1) is 5.92 Å². The van der Waals surface area contributed by atoms with Gasteiger partial charge in [0.25, 0.3) is 5.91 Å². The molecule has 1 aliphatic heterocycles. The van der Waals surface area contributed by atoms with Gasteiger partial charge in [-0.05, 0) is 32.1 Å². The fourth-order valence-electron chi connectivity index (χ4n) is 2.07. The monoisotopic (exact) mass is 257 g/mol. The predicted octanol–water partition coefficient (Wildman–Crippen LogP) is 1.51. The van der Waals surface area contributed by atoms with Crippen molar-refractivity contribution in [2.24, 2.45) is 5.92 Å². The Labute approximate surface area is 108 Å². The van der Waals surface area contributed by atoms with Crippen molar-refractivity contribution in [2.75, 3.05) is 13.2 Å². The number of carbonyl (C=O) groups is 2. The SMILES string of the molecule is CC(C)CCOC(C)C(=O)N1CCC[C@@H]1C(=O)O. The van der Waals surface area contributed by atoms with Crippen LogP contribution >= 0.6 is 0 Å². The van der Waals surface area contributed by atoms with Crippen molar-refractivity contribution in [1.82, 2.24) is 4.90 Å². The van der Waals surface area contributed by atoms with E-state index in [0.717, 1.165) is 12.8 Å². The van der Waals surface area contributed by atoms with Crippen LogP contribution in [0.25, 0.3) is 0 Å². The molecule has 1 N–H and O–H groups in total. The van der Waals surface area contributed by atoms with Crippen LogP contribution in [0.3, 0.4) is 0 Å². The van der Waals surface area contributed by atoms with Gasteiger partial charge in [-0.15, -0.1) is 0 Å². The van der Waals surface area contributed by atoms with Crippen LogP contribution < -0.4 is 0 Å². The summed E-state index contributed by atoms with van der Waals surface area (Å²) in [7, 11) is 0. The zero-order valence-corrected chi connectivity index (χ0v) is 11.4. The van der Waals surface area contributed by atoms with E-state index in [0.29, 0.717) is 25.5 Å². The highest BCUT2D eigenvalue weighted by atomic mass is 16.5. The molecule has 0 bridgehead atoms. The lowest BCUT2D eigenvalue weighted by Crippen LogP contribution is -2.45. The van der Waals surface area contributed by atoms with Gasteiger partial charge in [-0.2, -0.15) is 0 Å². The molecular formula is C13H23NO4. The Kier molecular flexibility index (Phi) is 5.59. The van der Waals surface area contributed by atoms with Gasteiger partial charge in [-0.3, -0.25) is 4.79 Å². The molecule has 5 nitrogen and oxygen atoms in total. The molecule has 1 heterocycles. The van der Waals surface area contributed by atoms with Crippen molar-refractivity contribution < 1.29 is 19.4 Å². The molecule has 1 unspecified atom stereocenters. The number of carboxylic acids is 1. The number of aliphatic carboxylic acids is 1. The van der Waals surface area contributed by atoms with E-state index < -0.39 is 18.1 Å². The van der Waals surface area contributed by atoms with Crippen LogP contribution in [0.5, 0.6) is 0 Å². The third kappa shape index (κ3) is 3.98. The summed E-state index contributed by atoms with van der Waals surface area (Å²) in [5.41, 5.74) is 0. The molecule has 1 amide bonds. The number of likely N-dealkylation sites (tertiary alicyclic amines) is 1. The van der Waals surface area contributed by atoms with Crippen LogP contribution in [0.15, 0.2) is 0 Å². The van der Waals surface area contributed by atoms with Crippen LogP contribution in [-0.4, -0.2) is 47.2 Å². The highest BCUT2D eigenvalue weighted by Gasteiger charge is 2.36. The van der Waals surface area contributed by atoms with Gasteiger partial charge < -0.3 is 14.7 Å².